The second kappa shape index (κ2) is 11.7. The number of pyridine rings is 1. The largest absolute Gasteiger partial charge is 0.494 e. The van der Waals surface area contributed by atoms with Crippen LogP contribution in [0.15, 0.2) is 47.3 Å². The lowest BCUT2D eigenvalue weighted by Gasteiger charge is -2.31. The van der Waals surface area contributed by atoms with E-state index in [0.29, 0.717) is 30.4 Å². The molecule has 1 aliphatic rings. The summed E-state index contributed by atoms with van der Waals surface area (Å²) >= 11 is 5.82. The molecule has 0 saturated carbocycles. The van der Waals surface area contributed by atoms with Gasteiger partial charge in [-0.1, -0.05) is 11.6 Å². The zero-order valence-corrected chi connectivity index (χ0v) is 21.5. The maximum absolute atomic E-state index is 13.0. The number of aromatic nitrogens is 1. The van der Waals surface area contributed by atoms with Crippen LogP contribution < -0.4 is 15.6 Å². The number of hydrogen-bond acceptors (Lipinski definition) is 5. The summed E-state index contributed by atoms with van der Waals surface area (Å²) in [5.74, 6) is 0.821. The van der Waals surface area contributed by atoms with E-state index in [1.54, 1.807) is 0 Å². The van der Waals surface area contributed by atoms with Crippen molar-refractivity contribution in [2.45, 2.75) is 27.3 Å². The van der Waals surface area contributed by atoms with Gasteiger partial charge in [0.2, 0.25) is 0 Å². The molecule has 1 aromatic heterocycles. The highest BCUT2D eigenvalue weighted by Gasteiger charge is 2.17. The molecule has 0 unspecified atom stereocenters. The van der Waals surface area contributed by atoms with Gasteiger partial charge in [0, 0.05) is 37.4 Å². The molecule has 0 spiro atoms. The second-order valence-corrected chi connectivity index (χ2v) is 9.32. The van der Waals surface area contributed by atoms with Crippen LogP contribution in [0.2, 0.25) is 0 Å². The lowest BCUT2D eigenvalue weighted by molar-refractivity contribution is 0.0358. The van der Waals surface area contributed by atoms with Crippen LogP contribution >= 0.6 is 12.2 Å². The van der Waals surface area contributed by atoms with Gasteiger partial charge in [0.05, 0.1) is 31.9 Å². The summed E-state index contributed by atoms with van der Waals surface area (Å²) in [5, 5.41) is 4.96. The van der Waals surface area contributed by atoms with Gasteiger partial charge in [-0.3, -0.25) is 9.69 Å². The monoisotopic (exact) mass is 494 g/mol. The van der Waals surface area contributed by atoms with Gasteiger partial charge in [0.25, 0.3) is 5.56 Å². The number of fused-ring (bicyclic) bond motifs is 1. The first-order valence-corrected chi connectivity index (χ1v) is 12.6. The van der Waals surface area contributed by atoms with E-state index in [0.717, 1.165) is 60.8 Å². The Kier molecular flexibility index (Phi) is 8.38. The van der Waals surface area contributed by atoms with Crippen molar-refractivity contribution in [2.24, 2.45) is 0 Å². The number of ether oxygens (including phenoxy) is 2. The van der Waals surface area contributed by atoms with Crippen LogP contribution in [0.1, 0.15) is 23.6 Å². The molecule has 0 radical (unpaired) electrons. The maximum atomic E-state index is 13.0. The molecule has 1 aliphatic heterocycles. The van der Waals surface area contributed by atoms with E-state index in [4.69, 9.17) is 21.7 Å². The number of aromatic amines is 1. The van der Waals surface area contributed by atoms with Crippen molar-refractivity contribution in [2.75, 3.05) is 51.3 Å². The average molecular weight is 495 g/mol. The minimum atomic E-state index is -0.0790. The zero-order valence-electron chi connectivity index (χ0n) is 20.7. The Morgan fingerprint density at radius 3 is 2.63 bits per heavy atom. The fraction of sp³-hybridized carbons (Fsp3) is 0.407. The van der Waals surface area contributed by atoms with Crippen LogP contribution in [0.4, 0.5) is 5.69 Å². The predicted octanol–water partition coefficient (Wildman–Crippen LogP) is 4.07. The van der Waals surface area contributed by atoms with E-state index in [9.17, 15) is 4.79 Å². The number of rotatable bonds is 8. The first kappa shape index (κ1) is 25.2. The number of nitrogens with zero attached hydrogens (tertiary/aromatic N) is 2. The molecule has 0 aliphatic carbocycles. The van der Waals surface area contributed by atoms with Gasteiger partial charge in [0.1, 0.15) is 5.75 Å². The smallest absolute Gasteiger partial charge is 0.253 e. The third-order valence-electron chi connectivity index (χ3n) is 6.23. The van der Waals surface area contributed by atoms with E-state index in [1.165, 1.54) is 5.56 Å². The molecule has 186 valence electrons. The molecule has 8 heteroatoms. The van der Waals surface area contributed by atoms with E-state index < -0.39 is 0 Å². The van der Waals surface area contributed by atoms with E-state index >= 15 is 0 Å². The van der Waals surface area contributed by atoms with Crippen molar-refractivity contribution in [1.29, 1.82) is 0 Å². The standard InChI is InChI=1S/C27H34N4O3S/c1-4-34-24-7-5-23(6-8-24)28-27(35)31(10-9-30-11-13-33-14-12-30)18-22-17-21-16-19(2)15-20(3)25(21)29-26(22)32/h5-8,15-17H,4,9-14,18H2,1-3H3,(H,28,35)(H,29,32). The lowest BCUT2D eigenvalue weighted by atomic mass is 10.1. The maximum Gasteiger partial charge on any atom is 0.253 e. The van der Waals surface area contributed by atoms with Gasteiger partial charge in [-0.2, -0.15) is 0 Å². The Balaban J connectivity index is 1.55. The highest BCUT2D eigenvalue weighted by atomic mass is 32.1. The van der Waals surface area contributed by atoms with Gasteiger partial charge in [0.15, 0.2) is 5.11 Å². The van der Waals surface area contributed by atoms with Crippen LogP contribution in [0, 0.1) is 13.8 Å². The highest BCUT2D eigenvalue weighted by molar-refractivity contribution is 7.80. The van der Waals surface area contributed by atoms with Crippen LogP contribution in [-0.2, 0) is 11.3 Å². The first-order valence-electron chi connectivity index (χ1n) is 12.1. The molecular formula is C27H34N4O3S. The quantitative estimate of drug-likeness (QED) is 0.458. The Bertz CT molecular complexity index is 1220. The van der Waals surface area contributed by atoms with Gasteiger partial charge in [-0.15, -0.1) is 0 Å². The Morgan fingerprint density at radius 1 is 1.17 bits per heavy atom. The minimum absolute atomic E-state index is 0.0790. The van der Waals surface area contributed by atoms with E-state index in [2.05, 4.69) is 39.2 Å². The Labute approximate surface area is 212 Å². The number of H-pyrrole nitrogens is 1. The number of aryl methyl sites for hydroxylation is 2. The van der Waals surface area contributed by atoms with Crippen LogP contribution in [-0.4, -0.2) is 65.9 Å². The molecule has 4 rings (SSSR count). The Morgan fingerprint density at radius 2 is 1.91 bits per heavy atom. The van der Waals surface area contributed by atoms with Crippen molar-refractivity contribution < 1.29 is 9.47 Å². The molecular weight excluding hydrogens is 460 g/mol. The van der Waals surface area contributed by atoms with Gasteiger partial charge in [-0.25, -0.2) is 0 Å². The first-order chi connectivity index (χ1) is 16.9. The normalized spacial score (nSPS) is 14.1. The number of nitrogens with one attached hydrogen (secondary N) is 2. The SMILES string of the molecule is CCOc1ccc(NC(=S)N(CCN2CCOCC2)Cc2cc3cc(C)cc(C)c3[nH]c2=O)cc1. The van der Waals surface area contributed by atoms with Crippen LogP contribution in [0.5, 0.6) is 5.75 Å². The molecule has 2 heterocycles. The van der Waals surface area contributed by atoms with Crippen molar-refractivity contribution in [3.8, 4) is 5.75 Å². The van der Waals surface area contributed by atoms with Crippen molar-refractivity contribution in [1.82, 2.24) is 14.8 Å². The second-order valence-electron chi connectivity index (χ2n) is 8.93. The molecule has 0 amide bonds. The van der Waals surface area contributed by atoms with Gasteiger partial charge >= 0.3 is 0 Å². The molecule has 35 heavy (non-hydrogen) atoms. The summed E-state index contributed by atoms with van der Waals surface area (Å²) in [6.07, 6.45) is 0. The van der Waals surface area contributed by atoms with Crippen molar-refractivity contribution in [3.05, 3.63) is 69.5 Å². The van der Waals surface area contributed by atoms with Crippen LogP contribution in [0.25, 0.3) is 10.9 Å². The number of morpholine rings is 1. The summed E-state index contributed by atoms with van der Waals surface area (Å²) in [7, 11) is 0. The minimum Gasteiger partial charge on any atom is -0.494 e. The van der Waals surface area contributed by atoms with E-state index in [-0.39, 0.29) is 5.56 Å². The number of benzene rings is 2. The average Bonchev–Trinajstić information content (AvgIpc) is 2.84. The summed E-state index contributed by atoms with van der Waals surface area (Å²) in [5.41, 5.74) is 4.63. The summed E-state index contributed by atoms with van der Waals surface area (Å²) in [6, 6.07) is 13.9. The topological polar surface area (TPSA) is 69.8 Å². The third kappa shape index (κ3) is 6.60. The summed E-state index contributed by atoms with van der Waals surface area (Å²) in [4.78, 5) is 20.5. The molecule has 2 aromatic carbocycles. The third-order valence-corrected chi connectivity index (χ3v) is 6.59. The molecule has 3 aromatic rings. The molecule has 1 fully saturated rings. The number of thiocarbonyl (C=S) groups is 1. The van der Waals surface area contributed by atoms with Gasteiger partial charge < -0.3 is 24.7 Å². The lowest BCUT2D eigenvalue weighted by Crippen LogP contribution is -2.44. The molecule has 2 N–H and O–H groups in total. The fourth-order valence-corrected chi connectivity index (χ4v) is 4.67. The highest BCUT2D eigenvalue weighted by Crippen LogP contribution is 2.20. The van der Waals surface area contributed by atoms with E-state index in [1.807, 2.05) is 44.2 Å². The molecule has 0 atom stereocenters. The summed E-state index contributed by atoms with van der Waals surface area (Å²) < 4.78 is 11.0. The Hall–Kier alpha value is -2.94. The summed E-state index contributed by atoms with van der Waals surface area (Å²) in [6.45, 7) is 12.0. The number of hydrogen-bond donors (Lipinski definition) is 2. The molecule has 1 saturated heterocycles. The molecule has 7 nitrogen and oxygen atoms in total. The fourth-order valence-electron chi connectivity index (χ4n) is 4.40. The van der Waals surface area contributed by atoms with Crippen molar-refractivity contribution >= 4 is 33.9 Å². The van der Waals surface area contributed by atoms with Crippen molar-refractivity contribution in [3.63, 3.8) is 0 Å². The number of anilines is 1. The zero-order chi connectivity index (χ0) is 24.8. The van der Waals surface area contributed by atoms with Crippen LogP contribution in [0.3, 0.4) is 0 Å². The predicted molar refractivity (Wildman–Crippen MR) is 146 cm³/mol. The van der Waals surface area contributed by atoms with Gasteiger partial charge in [-0.05, 0) is 80.3 Å². The molecule has 0 bridgehead atoms.